The fraction of sp³-hybridized carbons (Fsp3) is 0.316. The number of rotatable bonds is 4. The van der Waals surface area contributed by atoms with Gasteiger partial charge in [-0.2, -0.15) is 0 Å². The number of carbonyl (C=O) groups excluding carboxylic acids is 1. The Balaban J connectivity index is 1.75. The van der Waals surface area contributed by atoms with Crippen LogP contribution in [-0.2, 0) is 11.2 Å². The van der Waals surface area contributed by atoms with Crippen LogP contribution in [0.3, 0.4) is 0 Å². The molecular formula is C19H22N2O2. The SMILES string of the molecule is COc1ccccc1NC(=O)CN1CCCc2cccc(C)c21. The maximum Gasteiger partial charge on any atom is 0.243 e. The van der Waals surface area contributed by atoms with E-state index in [1.54, 1.807) is 7.11 Å². The average molecular weight is 310 g/mol. The van der Waals surface area contributed by atoms with E-state index < -0.39 is 0 Å². The highest BCUT2D eigenvalue weighted by molar-refractivity contribution is 5.95. The summed E-state index contributed by atoms with van der Waals surface area (Å²) in [6.45, 7) is 3.38. The van der Waals surface area contributed by atoms with Crippen LogP contribution in [0.25, 0.3) is 0 Å². The Morgan fingerprint density at radius 1 is 1.22 bits per heavy atom. The molecule has 0 atom stereocenters. The van der Waals surface area contributed by atoms with Gasteiger partial charge in [-0.15, -0.1) is 0 Å². The first-order valence-electron chi connectivity index (χ1n) is 7.95. The summed E-state index contributed by atoms with van der Waals surface area (Å²) in [5.74, 6) is 0.654. The number of benzene rings is 2. The molecule has 0 aromatic heterocycles. The normalized spacial score (nSPS) is 13.4. The standard InChI is InChI=1S/C19H22N2O2/c1-14-7-5-8-15-9-6-12-21(19(14)15)13-18(22)20-16-10-3-4-11-17(16)23-2/h3-5,7-8,10-11H,6,9,12-13H2,1-2H3,(H,20,22). The first-order valence-corrected chi connectivity index (χ1v) is 7.95. The fourth-order valence-corrected chi connectivity index (χ4v) is 3.22. The summed E-state index contributed by atoms with van der Waals surface area (Å²) in [4.78, 5) is 14.6. The molecule has 0 fully saturated rings. The maximum absolute atomic E-state index is 12.5. The van der Waals surface area contributed by atoms with Crippen molar-refractivity contribution in [2.24, 2.45) is 0 Å². The van der Waals surface area contributed by atoms with Gasteiger partial charge in [0.1, 0.15) is 5.75 Å². The van der Waals surface area contributed by atoms with Gasteiger partial charge >= 0.3 is 0 Å². The number of nitrogens with zero attached hydrogens (tertiary/aromatic N) is 1. The summed E-state index contributed by atoms with van der Waals surface area (Å²) in [5.41, 5.74) is 4.49. The van der Waals surface area contributed by atoms with Crippen LogP contribution in [0.2, 0.25) is 0 Å². The zero-order chi connectivity index (χ0) is 16.2. The van der Waals surface area contributed by atoms with E-state index >= 15 is 0 Å². The lowest BCUT2D eigenvalue weighted by Crippen LogP contribution is -2.37. The average Bonchev–Trinajstić information content (AvgIpc) is 2.55. The Bertz CT molecular complexity index is 712. The molecule has 0 spiro atoms. The largest absolute Gasteiger partial charge is 0.495 e. The van der Waals surface area contributed by atoms with E-state index in [4.69, 9.17) is 4.74 Å². The van der Waals surface area contributed by atoms with Gasteiger partial charge in [0.2, 0.25) is 5.91 Å². The zero-order valence-electron chi connectivity index (χ0n) is 13.6. The van der Waals surface area contributed by atoms with Crippen molar-refractivity contribution in [3.63, 3.8) is 0 Å². The van der Waals surface area contributed by atoms with Crippen LogP contribution in [0, 0.1) is 6.92 Å². The van der Waals surface area contributed by atoms with E-state index in [9.17, 15) is 4.79 Å². The molecule has 3 rings (SSSR count). The molecule has 0 radical (unpaired) electrons. The van der Waals surface area contributed by atoms with E-state index in [-0.39, 0.29) is 5.91 Å². The molecule has 1 amide bonds. The van der Waals surface area contributed by atoms with Crippen molar-refractivity contribution in [3.05, 3.63) is 53.6 Å². The molecule has 2 aromatic carbocycles. The number of para-hydroxylation sites is 3. The van der Waals surface area contributed by atoms with Crippen LogP contribution in [0.15, 0.2) is 42.5 Å². The van der Waals surface area contributed by atoms with Crippen molar-refractivity contribution in [1.29, 1.82) is 0 Å². The predicted molar refractivity (Wildman–Crippen MR) is 93.3 cm³/mol. The summed E-state index contributed by atoms with van der Waals surface area (Å²) >= 11 is 0. The number of hydrogen-bond donors (Lipinski definition) is 1. The highest BCUT2D eigenvalue weighted by atomic mass is 16.5. The molecule has 4 nitrogen and oxygen atoms in total. The first-order chi connectivity index (χ1) is 11.2. The summed E-state index contributed by atoms with van der Waals surface area (Å²) in [6.07, 6.45) is 2.17. The highest BCUT2D eigenvalue weighted by Crippen LogP contribution is 2.30. The first kappa shape index (κ1) is 15.4. The van der Waals surface area contributed by atoms with Crippen LogP contribution >= 0.6 is 0 Å². The lowest BCUT2D eigenvalue weighted by atomic mass is 9.98. The van der Waals surface area contributed by atoms with Gasteiger partial charge in [0.05, 0.1) is 19.3 Å². The minimum Gasteiger partial charge on any atom is -0.495 e. The molecule has 0 saturated carbocycles. The molecule has 4 heteroatoms. The maximum atomic E-state index is 12.5. The number of anilines is 2. The van der Waals surface area contributed by atoms with E-state index in [0.717, 1.165) is 19.4 Å². The number of aryl methyl sites for hydroxylation is 2. The van der Waals surface area contributed by atoms with Crippen molar-refractivity contribution in [1.82, 2.24) is 0 Å². The van der Waals surface area contributed by atoms with Crippen LogP contribution in [0.5, 0.6) is 5.75 Å². The second-order valence-electron chi connectivity index (χ2n) is 5.86. The lowest BCUT2D eigenvalue weighted by Gasteiger charge is -2.32. The van der Waals surface area contributed by atoms with Crippen molar-refractivity contribution in [2.75, 3.05) is 30.4 Å². The molecule has 1 N–H and O–H groups in total. The van der Waals surface area contributed by atoms with E-state index in [2.05, 4.69) is 35.3 Å². The molecule has 1 heterocycles. The van der Waals surface area contributed by atoms with E-state index in [1.807, 2.05) is 24.3 Å². The van der Waals surface area contributed by atoms with Gasteiger partial charge in [0.25, 0.3) is 0 Å². The summed E-state index contributed by atoms with van der Waals surface area (Å²) in [6, 6.07) is 13.8. The quantitative estimate of drug-likeness (QED) is 0.941. The molecule has 120 valence electrons. The third kappa shape index (κ3) is 3.31. The molecule has 0 aliphatic carbocycles. The number of methoxy groups -OCH3 is 1. The number of nitrogens with one attached hydrogen (secondary N) is 1. The van der Waals surface area contributed by atoms with Crippen LogP contribution in [-0.4, -0.2) is 26.1 Å². The Kier molecular flexibility index (Phi) is 4.51. The third-order valence-corrected chi connectivity index (χ3v) is 4.23. The summed E-state index contributed by atoms with van der Waals surface area (Å²) in [7, 11) is 1.61. The predicted octanol–water partition coefficient (Wildman–Crippen LogP) is 3.39. The number of fused-ring (bicyclic) bond motifs is 1. The van der Waals surface area contributed by atoms with E-state index in [0.29, 0.717) is 18.0 Å². The second-order valence-corrected chi connectivity index (χ2v) is 5.86. The minimum absolute atomic E-state index is 0.0226. The van der Waals surface area contributed by atoms with E-state index in [1.165, 1.54) is 16.8 Å². The Hall–Kier alpha value is -2.49. The third-order valence-electron chi connectivity index (χ3n) is 4.23. The lowest BCUT2D eigenvalue weighted by molar-refractivity contribution is -0.115. The number of carbonyl (C=O) groups is 1. The van der Waals surface area contributed by atoms with Crippen molar-refractivity contribution in [2.45, 2.75) is 19.8 Å². The summed E-state index contributed by atoms with van der Waals surface area (Å²) in [5, 5.41) is 2.95. The molecule has 2 aromatic rings. The van der Waals surface area contributed by atoms with Gasteiger partial charge in [0, 0.05) is 12.2 Å². The van der Waals surface area contributed by atoms with Crippen LogP contribution < -0.4 is 15.0 Å². The Morgan fingerprint density at radius 2 is 2.04 bits per heavy atom. The molecule has 1 aliphatic heterocycles. The zero-order valence-corrected chi connectivity index (χ0v) is 13.6. The topological polar surface area (TPSA) is 41.6 Å². The Morgan fingerprint density at radius 3 is 2.87 bits per heavy atom. The van der Waals surface area contributed by atoms with Crippen LogP contribution in [0.1, 0.15) is 17.5 Å². The van der Waals surface area contributed by atoms with Crippen LogP contribution in [0.4, 0.5) is 11.4 Å². The molecule has 0 saturated heterocycles. The Labute approximate surface area is 137 Å². The summed E-state index contributed by atoms with van der Waals surface area (Å²) < 4.78 is 5.28. The number of ether oxygens (including phenoxy) is 1. The van der Waals surface area contributed by atoms with Gasteiger partial charge in [-0.1, -0.05) is 30.3 Å². The highest BCUT2D eigenvalue weighted by Gasteiger charge is 2.21. The molecular weight excluding hydrogens is 288 g/mol. The smallest absolute Gasteiger partial charge is 0.243 e. The van der Waals surface area contributed by atoms with Crippen molar-refractivity contribution in [3.8, 4) is 5.75 Å². The van der Waals surface area contributed by atoms with Crippen molar-refractivity contribution >= 4 is 17.3 Å². The monoisotopic (exact) mass is 310 g/mol. The van der Waals surface area contributed by atoms with Gasteiger partial charge < -0.3 is 15.0 Å². The molecule has 0 bridgehead atoms. The fourth-order valence-electron chi connectivity index (χ4n) is 3.22. The second kappa shape index (κ2) is 6.73. The number of amides is 1. The van der Waals surface area contributed by atoms with Gasteiger partial charge in [-0.25, -0.2) is 0 Å². The molecule has 1 aliphatic rings. The van der Waals surface area contributed by atoms with Crippen molar-refractivity contribution < 1.29 is 9.53 Å². The van der Waals surface area contributed by atoms with Gasteiger partial charge in [-0.05, 0) is 43.0 Å². The minimum atomic E-state index is -0.0226. The van der Waals surface area contributed by atoms with Gasteiger partial charge in [-0.3, -0.25) is 4.79 Å². The molecule has 0 unspecified atom stereocenters. The van der Waals surface area contributed by atoms with Gasteiger partial charge in [0.15, 0.2) is 0 Å². The molecule has 23 heavy (non-hydrogen) atoms. The number of hydrogen-bond acceptors (Lipinski definition) is 3.